The quantitative estimate of drug-likeness (QED) is 0.136. The number of carboxylic acid groups (broad SMARTS) is 8. The van der Waals surface area contributed by atoms with Gasteiger partial charge in [0.2, 0.25) is 0 Å². The molecule has 0 aromatic rings. The standard InChI is InChI=1S/8C4H8O2.2Ti/c8*1-2-3-4(5)6;;/h8*2-3H2,1H3,(H,5,6);;/q;;;;;;;;2*+4/p-8. The van der Waals surface area contributed by atoms with Gasteiger partial charge in [0, 0.05) is 47.8 Å². The second-order valence-corrected chi connectivity index (χ2v) is 8.98. The van der Waals surface area contributed by atoms with Crippen LogP contribution < -0.4 is 40.9 Å². The van der Waals surface area contributed by atoms with Crippen LogP contribution in [0.5, 0.6) is 0 Å². The molecule has 0 radical (unpaired) electrons. The van der Waals surface area contributed by atoms with E-state index < -0.39 is 47.8 Å². The van der Waals surface area contributed by atoms with E-state index >= 15 is 0 Å². The molecule has 0 saturated carbocycles. The smallest absolute Gasteiger partial charge is 0.550 e. The van der Waals surface area contributed by atoms with E-state index in [-0.39, 0.29) is 94.8 Å². The molecule has 0 N–H and O–H groups in total. The van der Waals surface area contributed by atoms with E-state index in [1.165, 1.54) is 0 Å². The van der Waals surface area contributed by atoms with Crippen molar-refractivity contribution >= 4 is 47.8 Å². The number of carbonyl (C=O) groups is 8. The van der Waals surface area contributed by atoms with Crippen molar-refractivity contribution < 1.29 is 123 Å². The molecule has 0 bridgehead atoms. The average molecular weight is 793 g/mol. The fraction of sp³-hybridized carbons (Fsp3) is 0.750. The van der Waals surface area contributed by atoms with Gasteiger partial charge in [-0.25, -0.2) is 0 Å². The summed E-state index contributed by atoms with van der Waals surface area (Å²) < 4.78 is 0. The number of rotatable bonds is 16. The van der Waals surface area contributed by atoms with Crippen LogP contribution in [0.1, 0.15) is 158 Å². The number of aliphatic carboxylic acids is 8. The minimum Gasteiger partial charge on any atom is -0.550 e. The summed E-state index contributed by atoms with van der Waals surface area (Å²) in [4.78, 5) is 75.9. The first kappa shape index (κ1) is 72.8. The number of hydrogen-bond donors (Lipinski definition) is 0. The molecular weight excluding hydrogens is 736 g/mol. The summed E-state index contributed by atoms with van der Waals surface area (Å²) in [5.74, 6) is -7.69. The maximum absolute atomic E-state index is 9.49. The van der Waals surface area contributed by atoms with Crippen molar-refractivity contribution in [3.63, 3.8) is 0 Å². The minimum atomic E-state index is -0.961. The topological polar surface area (TPSA) is 321 Å². The van der Waals surface area contributed by atoms with Gasteiger partial charge in [-0.1, -0.05) is 107 Å². The van der Waals surface area contributed by atoms with Crippen LogP contribution in [-0.4, -0.2) is 47.8 Å². The van der Waals surface area contributed by atoms with Crippen LogP contribution in [0, 0.1) is 0 Å². The molecule has 0 aliphatic carbocycles. The summed E-state index contributed by atoms with van der Waals surface area (Å²) in [7, 11) is 0. The Morgan fingerprint density at radius 2 is 0.300 bits per heavy atom. The van der Waals surface area contributed by atoms with Crippen LogP contribution in [-0.2, 0) is 81.8 Å². The molecule has 50 heavy (non-hydrogen) atoms. The van der Waals surface area contributed by atoms with Gasteiger partial charge in [-0.2, -0.15) is 0 Å². The Labute approximate surface area is 327 Å². The Hall–Kier alpha value is -2.81. The molecule has 0 aliphatic heterocycles. The third-order valence-electron chi connectivity index (χ3n) is 3.63. The third kappa shape index (κ3) is 197. The van der Waals surface area contributed by atoms with E-state index in [0.717, 1.165) is 0 Å². The molecule has 0 heterocycles. The normalized spacial score (nSPS) is 7.84. The van der Waals surface area contributed by atoms with Crippen molar-refractivity contribution in [1.82, 2.24) is 0 Å². The van der Waals surface area contributed by atoms with Gasteiger partial charge in [-0.15, -0.1) is 0 Å². The molecule has 0 spiro atoms. The second-order valence-electron chi connectivity index (χ2n) is 8.98. The fourth-order valence-electron chi connectivity index (χ4n) is 1.63. The van der Waals surface area contributed by atoms with Gasteiger partial charge in [0.25, 0.3) is 0 Å². The minimum absolute atomic E-state index is 0. The van der Waals surface area contributed by atoms with E-state index in [4.69, 9.17) is 0 Å². The Morgan fingerprint density at radius 1 is 0.240 bits per heavy atom. The van der Waals surface area contributed by atoms with E-state index in [1.54, 1.807) is 55.4 Å². The molecular formula is C32H56O16Ti2. The van der Waals surface area contributed by atoms with Crippen molar-refractivity contribution in [2.24, 2.45) is 0 Å². The molecule has 0 saturated heterocycles. The molecule has 0 rings (SSSR count). The SMILES string of the molecule is CCCC(=O)[O-].CCCC(=O)[O-].CCCC(=O)[O-].CCCC(=O)[O-].CCCC(=O)[O-].CCCC(=O)[O-].CCCC(=O)[O-].CCCC(=O)[O-].[Ti+4].[Ti+4]. The molecule has 0 atom stereocenters. The van der Waals surface area contributed by atoms with Crippen LogP contribution in [0.15, 0.2) is 0 Å². The van der Waals surface area contributed by atoms with Crippen LogP contribution >= 0.6 is 0 Å². The van der Waals surface area contributed by atoms with Crippen molar-refractivity contribution in [3.8, 4) is 0 Å². The van der Waals surface area contributed by atoms with E-state index in [0.29, 0.717) is 51.4 Å². The van der Waals surface area contributed by atoms with Crippen molar-refractivity contribution in [2.75, 3.05) is 0 Å². The van der Waals surface area contributed by atoms with E-state index in [1.807, 2.05) is 0 Å². The van der Waals surface area contributed by atoms with Crippen molar-refractivity contribution in [2.45, 2.75) is 158 Å². The largest absolute Gasteiger partial charge is 4.00 e. The van der Waals surface area contributed by atoms with Crippen molar-refractivity contribution in [1.29, 1.82) is 0 Å². The van der Waals surface area contributed by atoms with Gasteiger partial charge < -0.3 is 79.2 Å². The predicted molar refractivity (Wildman–Crippen MR) is 159 cm³/mol. The zero-order valence-electron chi connectivity index (χ0n) is 30.8. The summed E-state index contributed by atoms with van der Waals surface area (Å²) in [6.07, 6.45) is 6.80. The Morgan fingerprint density at radius 3 is 0.300 bits per heavy atom. The van der Waals surface area contributed by atoms with Crippen molar-refractivity contribution in [3.05, 3.63) is 0 Å². The first-order valence-electron chi connectivity index (χ1n) is 15.8. The first-order chi connectivity index (χ1) is 22.2. The molecule has 0 aromatic carbocycles. The summed E-state index contributed by atoms with van der Waals surface area (Å²) >= 11 is 0. The number of carbonyl (C=O) groups excluding carboxylic acids is 8. The van der Waals surface area contributed by atoms with E-state index in [9.17, 15) is 79.2 Å². The number of hydrogen-bond acceptors (Lipinski definition) is 16. The predicted octanol–water partition coefficient (Wildman–Crippen LogP) is -3.71. The van der Waals surface area contributed by atoms with Gasteiger partial charge in [0.05, 0.1) is 0 Å². The summed E-state index contributed by atoms with van der Waals surface area (Å²) in [6.45, 7) is 14.4. The van der Waals surface area contributed by atoms with Crippen LogP contribution in [0.25, 0.3) is 0 Å². The zero-order chi connectivity index (χ0) is 39.9. The molecule has 0 aliphatic rings. The number of carboxylic acids is 8. The Balaban J connectivity index is -0.0000000455. The van der Waals surface area contributed by atoms with Crippen LogP contribution in [0.4, 0.5) is 0 Å². The van der Waals surface area contributed by atoms with Crippen LogP contribution in [0.2, 0.25) is 0 Å². The van der Waals surface area contributed by atoms with Gasteiger partial charge >= 0.3 is 43.4 Å². The second kappa shape index (κ2) is 68.2. The molecule has 0 aromatic heterocycles. The molecule has 0 fully saturated rings. The Bertz CT molecular complexity index is 600. The Kier molecular flexibility index (Phi) is 99.3. The maximum Gasteiger partial charge on any atom is 4.00 e. The van der Waals surface area contributed by atoms with Gasteiger partial charge in [0.1, 0.15) is 0 Å². The molecule has 0 amide bonds. The molecule has 16 nitrogen and oxygen atoms in total. The monoisotopic (exact) mass is 792 g/mol. The van der Waals surface area contributed by atoms with Crippen LogP contribution in [0.3, 0.4) is 0 Å². The van der Waals surface area contributed by atoms with E-state index in [2.05, 4.69) is 0 Å². The van der Waals surface area contributed by atoms with Gasteiger partial charge in [0.15, 0.2) is 0 Å². The zero-order valence-corrected chi connectivity index (χ0v) is 34.0. The first-order valence-corrected chi connectivity index (χ1v) is 15.8. The van der Waals surface area contributed by atoms with Gasteiger partial charge in [-0.3, -0.25) is 0 Å². The summed E-state index contributed by atoms with van der Waals surface area (Å²) in [5, 5.41) is 75.9. The summed E-state index contributed by atoms with van der Waals surface area (Å²) in [5.41, 5.74) is 0. The third-order valence-corrected chi connectivity index (χ3v) is 3.63. The fourth-order valence-corrected chi connectivity index (χ4v) is 1.63. The molecule has 18 heteroatoms. The molecule has 0 unspecified atom stereocenters. The summed E-state index contributed by atoms with van der Waals surface area (Å²) in [6, 6.07) is 0. The van der Waals surface area contributed by atoms with Gasteiger partial charge in [-0.05, 0) is 51.4 Å². The molecule has 288 valence electrons. The average Bonchev–Trinajstić information content (AvgIpc) is 2.90. The maximum atomic E-state index is 9.49.